The summed E-state index contributed by atoms with van der Waals surface area (Å²) >= 11 is 0. The third kappa shape index (κ3) is 6.43. The molecular weight excluding hydrogens is 612 g/mol. The number of carbonyl (C=O) groups is 1. The van der Waals surface area contributed by atoms with Gasteiger partial charge in [0.1, 0.15) is 17.6 Å². The highest BCUT2D eigenvalue weighted by molar-refractivity contribution is 5.79. The van der Waals surface area contributed by atoms with Gasteiger partial charge in [0.05, 0.1) is 45.8 Å². The third-order valence-electron chi connectivity index (χ3n) is 6.06. The Labute approximate surface area is 267 Å². The number of rotatable bonds is 6. The lowest BCUT2D eigenvalue weighted by atomic mass is 9.88. The molecule has 238 valence electrons. The van der Waals surface area contributed by atoms with Crippen LogP contribution in [-0.2, 0) is 29.8 Å². The van der Waals surface area contributed by atoms with Crippen LogP contribution in [0.2, 0.25) is 0 Å². The van der Waals surface area contributed by atoms with Crippen LogP contribution in [0.1, 0.15) is 87.9 Å². The van der Waals surface area contributed by atoms with Crippen molar-refractivity contribution in [1.29, 1.82) is 0 Å². The monoisotopic (exact) mass is 653 g/mol. The molecule has 1 amide bonds. The van der Waals surface area contributed by atoms with Gasteiger partial charge in [0.25, 0.3) is 0 Å². The van der Waals surface area contributed by atoms with Crippen molar-refractivity contribution in [3.63, 3.8) is 0 Å². The summed E-state index contributed by atoms with van der Waals surface area (Å²) in [6, 6.07) is -5.28. The van der Waals surface area contributed by atoms with Gasteiger partial charge in [-0.05, 0) is 71.9 Å². The molecule has 2 atom stereocenters. The van der Waals surface area contributed by atoms with E-state index in [1.165, 1.54) is 0 Å². The van der Waals surface area contributed by atoms with Gasteiger partial charge >= 0.3 is 24.6 Å². The van der Waals surface area contributed by atoms with Crippen LogP contribution in [0.3, 0.4) is 0 Å². The molecule has 44 heavy (non-hydrogen) atoms. The number of hydrogen-bond donors (Lipinski definition) is 0. The molecule has 3 aromatic carbocycles. The zero-order valence-electron chi connectivity index (χ0n) is 37.1. The molecule has 0 aromatic heterocycles. The summed E-state index contributed by atoms with van der Waals surface area (Å²) < 4.78 is 282. The van der Waals surface area contributed by atoms with Crippen molar-refractivity contribution in [2.24, 2.45) is 0 Å². The highest BCUT2D eigenvalue weighted by atomic mass is 19.4. The SMILES string of the molecule is [2H]C([2H])([2H])Oc1ccc(F)c(C(C([2H])([2H])[2H])C([2H])([2H])[2H])c1-c1ccc(C(F)(F)F)cc1C([2H])([2H])N1C(=O)O[C@]([2H])(c2cc(C(F)(F)F)cc(C(F)(F)F)c2)[C@]1([2H])C([2H])([2H])[2H]. The molecule has 1 saturated heterocycles. The van der Waals surface area contributed by atoms with Crippen molar-refractivity contribution < 1.29 is 80.1 Å². The summed E-state index contributed by atoms with van der Waals surface area (Å²) in [6.45, 7) is -16.7. The number of carbonyl (C=O) groups excluding carboxylic acids is 1. The number of cyclic esters (lactones) is 1. The molecule has 3 aromatic rings. The third-order valence-corrected chi connectivity index (χ3v) is 6.06. The normalized spacial score (nSPS) is 28.0. The second-order valence-corrected chi connectivity index (χ2v) is 8.91. The van der Waals surface area contributed by atoms with Crippen LogP contribution >= 0.6 is 0 Å². The predicted molar refractivity (Wildman–Crippen MR) is 138 cm³/mol. The first-order chi connectivity index (χ1) is 26.5. The summed E-state index contributed by atoms with van der Waals surface area (Å²) in [5, 5.41) is 0. The second-order valence-electron chi connectivity index (χ2n) is 8.91. The number of hydrogen-bond acceptors (Lipinski definition) is 3. The number of ether oxygens (including phenoxy) is 2. The maximum Gasteiger partial charge on any atom is 0.416 e. The number of nitrogens with zero attached hydrogens (tertiary/aromatic N) is 1. The smallest absolute Gasteiger partial charge is 0.416 e. The van der Waals surface area contributed by atoms with Crippen molar-refractivity contribution in [2.75, 3.05) is 7.04 Å². The van der Waals surface area contributed by atoms with Gasteiger partial charge in [-0.15, -0.1) is 0 Å². The Kier molecular flexibility index (Phi) is 4.58. The van der Waals surface area contributed by atoms with E-state index in [1.807, 2.05) is 0 Å². The summed E-state index contributed by atoms with van der Waals surface area (Å²) in [6.07, 6.45) is -24.0. The van der Waals surface area contributed by atoms with Crippen LogP contribution in [-0.4, -0.2) is 24.0 Å². The minimum atomic E-state index is -5.72. The number of benzene rings is 3. The van der Waals surface area contributed by atoms with Gasteiger partial charge in [-0.3, -0.25) is 4.90 Å². The minimum Gasteiger partial charge on any atom is -0.496 e. The lowest BCUT2D eigenvalue weighted by molar-refractivity contribution is -0.143. The first-order valence-corrected chi connectivity index (χ1v) is 11.6. The Balaban J connectivity index is 2.25. The summed E-state index contributed by atoms with van der Waals surface area (Å²) in [7, 11) is -3.66. The molecule has 4 rings (SSSR count). The van der Waals surface area contributed by atoms with Gasteiger partial charge in [-0.1, -0.05) is 19.8 Å². The second kappa shape index (κ2) is 11.5. The molecule has 4 nitrogen and oxygen atoms in total. The molecule has 0 spiro atoms. The molecule has 0 unspecified atom stereocenters. The Bertz CT molecular complexity index is 2120. The predicted octanol–water partition coefficient (Wildman–Crippen LogP) is 9.76. The van der Waals surface area contributed by atoms with E-state index < -0.39 is 144 Å². The van der Waals surface area contributed by atoms with Gasteiger partial charge in [-0.2, -0.15) is 39.5 Å². The van der Waals surface area contributed by atoms with Crippen LogP contribution in [0.25, 0.3) is 11.1 Å². The van der Waals surface area contributed by atoms with E-state index in [9.17, 15) is 44.3 Å². The zero-order chi connectivity index (χ0) is 46.6. The van der Waals surface area contributed by atoms with Crippen molar-refractivity contribution in [3.8, 4) is 16.9 Å². The molecule has 0 saturated carbocycles. The van der Waals surface area contributed by atoms with Crippen molar-refractivity contribution in [3.05, 3.63) is 87.7 Å². The number of halogens is 10. The van der Waals surface area contributed by atoms with Gasteiger partial charge < -0.3 is 9.47 Å². The van der Waals surface area contributed by atoms with E-state index in [0.29, 0.717) is 6.07 Å². The van der Waals surface area contributed by atoms with Gasteiger partial charge in [0, 0.05) is 23.5 Å². The maximum absolute atomic E-state index is 16.0. The molecule has 1 aliphatic rings. The summed E-state index contributed by atoms with van der Waals surface area (Å²) in [5.74, 6) is -6.21. The van der Waals surface area contributed by atoms with Crippen LogP contribution in [0.5, 0.6) is 5.75 Å². The molecule has 0 radical (unpaired) electrons. The topological polar surface area (TPSA) is 38.8 Å². The lowest BCUT2D eigenvalue weighted by Crippen LogP contribution is -2.32. The lowest BCUT2D eigenvalue weighted by Gasteiger charge is -2.25. The average molecular weight is 654 g/mol. The van der Waals surface area contributed by atoms with Crippen LogP contribution in [0, 0.1) is 5.82 Å². The van der Waals surface area contributed by atoms with E-state index in [1.54, 1.807) is 0 Å². The molecule has 0 bridgehead atoms. The Hall–Kier alpha value is -3.97. The van der Waals surface area contributed by atoms with Crippen LogP contribution in [0.15, 0.2) is 48.5 Å². The molecule has 1 fully saturated rings. The quantitative estimate of drug-likeness (QED) is 0.249. The maximum atomic E-state index is 16.0. The fraction of sp³-hybridized carbons (Fsp3) is 0.367. The van der Waals surface area contributed by atoms with E-state index in [2.05, 4.69) is 4.74 Å². The fourth-order valence-corrected chi connectivity index (χ4v) is 4.13. The highest BCUT2D eigenvalue weighted by Crippen LogP contribution is 2.45. The van der Waals surface area contributed by atoms with Crippen molar-refractivity contribution in [1.82, 2.24) is 4.90 Å². The largest absolute Gasteiger partial charge is 0.496 e. The highest BCUT2D eigenvalue weighted by Gasteiger charge is 2.44. The van der Waals surface area contributed by atoms with E-state index in [-0.39, 0.29) is 36.4 Å². The fourth-order valence-electron chi connectivity index (χ4n) is 4.13. The van der Waals surface area contributed by atoms with Gasteiger partial charge in [-0.25, -0.2) is 9.18 Å². The zero-order valence-corrected chi connectivity index (χ0v) is 21.1. The van der Waals surface area contributed by atoms with Gasteiger partial charge in [0.15, 0.2) is 0 Å². The molecule has 1 heterocycles. The summed E-state index contributed by atoms with van der Waals surface area (Å²) in [5.41, 5.74) is -14.6. The number of amides is 1. The minimum absolute atomic E-state index is 0.0541. The van der Waals surface area contributed by atoms with E-state index in [0.717, 1.165) is 0 Å². The Morgan fingerprint density at radius 2 is 1.57 bits per heavy atom. The molecule has 1 aliphatic heterocycles. The summed E-state index contributed by atoms with van der Waals surface area (Å²) in [4.78, 5) is 12.7. The number of alkyl halides is 9. The average Bonchev–Trinajstić information content (AvgIpc) is 3.25. The molecule has 0 aliphatic carbocycles. The molecule has 0 N–H and O–H groups in total. The van der Waals surface area contributed by atoms with Crippen molar-refractivity contribution in [2.45, 2.75) is 63.6 Å². The van der Waals surface area contributed by atoms with Crippen LogP contribution in [0.4, 0.5) is 48.7 Å². The van der Waals surface area contributed by atoms with E-state index >= 15 is 4.39 Å². The first kappa shape index (κ1) is 17.5. The Morgan fingerprint density at radius 3 is 2.11 bits per heavy atom. The number of methoxy groups -OCH3 is 1. The van der Waals surface area contributed by atoms with Crippen molar-refractivity contribution >= 4 is 6.09 Å². The van der Waals surface area contributed by atoms with Gasteiger partial charge in [0.2, 0.25) is 0 Å². The Morgan fingerprint density at radius 1 is 0.932 bits per heavy atom. The first-order valence-electron chi connectivity index (χ1n) is 19.6. The molecule has 14 heteroatoms. The molecular formula is C30H25F10NO3. The van der Waals surface area contributed by atoms with Crippen LogP contribution < -0.4 is 4.74 Å². The van der Waals surface area contributed by atoms with E-state index in [4.69, 9.17) is 26.7 Å². The standard InChI is InChI=1S/C30H25F10NO3/c1-14(2)24-22(31)7-8-23(43-4)25(24)21-6-5-18(28(32,33)34)11-17(21)13-41-15(3)26(44-27(41)42)16-9-19(29(35,36)37)12-20(10-16)30(38,39)40/h5-12,14-15,26H,13H2,1-4H3/t15-,26-/m0/s1/i1D3,2D3,3D3,4D3,13D2,15D,26D.